The number of anilines is 1. The number of imidazole rings is 1. The number of fused-ring (bicyclic) bond motifs is 1. The zero-order valence-corrected chi connectivity index (χ0v) is 11.8. The van der Waals surface area contributed by atoms with Crippen molar-refractivity contribution >= 4 is 22.9 Å². The van der Waals surface area contributed by atoms with Gasteiger partial charge in [-0.15, -0.1) is 0 Å². The van der Waals surface area contributed by atoms with E-state index in [2.05, 4.69) is 25.3 Å². The third kappa shape index (κ3) is 2.74. The molecule has 10 heteroatoms. The van der Waals surface area contributed by atoms with Crippen LogP contribution in [0, 0.1) is 0 Å². The molecule has 1 amide bonds. The number of primary amides is 1. The summed E-state index contributed by atoms with van der Waals surface area (Å²) in [6, 6.07) is 6.03. The molecule has 3 aromatic rings. The van der Waals surface area contributed by atoms with Crippen LogP contribution in [0.25, 0.3) is 17.0 Å². The number of rotatable bonds is 5. The van der Waals surface area contributed by atoms with Gasteiger partial charge in [0.15, 0.2) is 0 Å². The van der Waals surface area contributed by atoms with Crippen LogP contribution in [0.1, 0.15) is 0 Å². The molecule has 2 aromatic heterocycles. The second kappa shape index (κ2) is 5.85. The topological polar surface area (TPSA) is 152 Å². The Balaban J connectivity index is 2.04. The Bertz CT molecular complexity index is 917. The molecular weight excluding hydrogens is 302 g/mol. The average Bonchev–Trinajstić information content (AvgIpc) is 2.88. The highest BCUT2D eigenvalue weighted by atomic mass is 16.3. The van der Waals surface area contributed by atoms with E-state index in [9.17, 15) is 9.59 Å². The van der Waals surface area contributed by atoms with E-state index in [4.69, 9.17) is 10.8 Å². The minimum atomic E-state index is -1.04. The number of benzene rings is 1. The summed E-state index contributed by atoms with van der Waals surface area (Å²) in [5.74, 6) is -0.658. The van der Waals surface area contributed by atoms with Gasteiger partial charge >= 0.3 is 5.69 Å². The maximum atomic E-state index is 12.1. The molecule has 2 heterocycles. The van der Waals surface area contributed by atoms with Crippen molar-refractivity contribution in [3.8, 4) is 5.95 Å². The van der Waals surface area contributed by atoms with Crippen LogP contribution in [0.5, 0.6) is 0 Å². The van der Waals surface area contributed by atoms with Gasteiger partial charge in [0.1, 0.15) is 12.4 Å². The molecule has 1 atom stereocenters. The lowest BCUT2D eigenvalue weighted by atomic mass is 10.3. The predicted molar refractivity (Wildman–Crippen MR) is 81.0 cm³/mol. The Morgan fingerprint density at radius 3 is 2.91 bits per heavy atom. The highest BCUT2D eigenvalue weighted by Gasteiger charge is 2.16. The number of nitrogens with two attached hydrogens (primary N) is 1. The molecule has 23 heavy (non-hydrogen) atoms. The molecule has 0 spiro atoms. The maximum Gasteiger partial charge on any atom is 0.333 e. The van der Waals surface area contributed by atoms with Gasteiger partial charge in [0.25, 0.3) is 0 Å². The summed E-state index contributed by atoms with van der Waals surface area (Å²) in [6.07, 6.45) is 1.19. The number of amides is 1. The van der Waals surface area contributed by atoms with Crippen LogP contribution in [0.3, 0.4) is 0 Å². The van der Waals surface area contributed by atoms with E-state index < -0.39 is 24.2 Å². The SMILES string of the molecule is NC(=O)C(CO)Nc1ncnc(-n2c(=O)[nH]c3ccccc32)n1. The Labute approximate surface area is 129 Å². The van der Waals surface area contributed by atoms with Crippen LogP contribution in [0.2, 0.25) is 0 Å². The third-order valence-corrected chi connectivity index (χ3v) is 3.18. The van der Waals surface area contributed by atoms with E-state index in [0.717, 1.165) is 0 Å². The van der Waals surface area contributed by atoms with Gasteiger partial charge < -0.3 is 21.1 Å². The quantitative estimate of drug-likeness (QED) is 0.459. The van der Waals surface area contributed by atoms with Crippen molar-refractivity contribution in [3.63, 3.8) is 0 Å². The van der Waals surface area contributed by atoms with Crippen molar-refractivity contribution < 1.29 is 9.90 Å². The first-order valence-corrected chi connectivity index (χ1v) is 6.66. The normalized spacial score (nSPS) is 12.2. The number of aliphatic hydroxyl groups is 1. The number of nitrogens with zero attached hydrogens (tertiary/aromatic N) is 4. The molecule has 0 saturated heterocycles. The van der Waals surface area contributed by atoms with E-state index in [0.29, 0.717) is 11.0 Å². The van der Waals surface area contributed by atoms with Crippen molar-refractivity contribution in [2.75, 3.05) is 11.9 Å². The number of aromatic amines is 1. The molecule has 3 rings (SSSR count). The number of aromatic nitrogens is 5. The Morgan fingerprint density at radius 2 is 2.17 bits per heavy atom. The summed E-state index contributed by atoms with van der Waals surface area (Å²) in [4.78, 5) is 37.9. The molecule has 118 valence electrons. The lowest BCUT2D eigenvalue weighted by Crippen LogP contribution is -2.39. The Hall–Kier alpha value is -3.27. The largest absolute Gasteiger partial charge is 0.394 e. The van der Waals surface area contributed by atoms with Crippen molar-refractivity contribution in [1.29, 1.82) is 0 Å². The van der Waals surface area contributed by atoms with E-state index in [-0.39, 0.29) is 11.9 Å². The van der Waals surface area contributed by atoms with Crippen LogP contribution in [-0.2, 0) is 4.79 Å². The number of carbonyl (C=O) groups is 1. The minimum absolute atomic E-state index is 0.0185. The summed E-state index contributed by atoms with van der Waals surface area (Å²) in [5, 5.41) is 11.7. The van der Waals surface area contributed by atoms with E-state index in [1.165, 1.54) is 10.9 Å². The summed E-state index contributed by atoms with van der Waals surface area (Å²) >= 11 is 0. The first-order chi connectivity index (χ1) is 11.1. The first kappa shape index (κ1) is 14.7. The summed E-state index contributed by atoms with van der Waals surface area (Å²) in [5.41, 5.74) is 5.96. The molecule has 1 aromatic carbocycles. The Kier molecular flexibility index (Phi) is 3.73. The van der Waals surface area contributed by atoms with Gasteiger partial charge in [-0.3, -0.25) is 4.79 Å². The van der Waals surface area contributed by atoms with Gasteiger partial charge in [0.05, 0.1) is 17.6 Å². The molecule has 0 aliphatic carbocycles. The van der Waals surface area contributed by atoms with Crippen LogP contribution >= 0.6 is 0 Å². The molecule has 0 bridgehead atoms. The molecule has 5 N–H and O–H groups in total. The first-order valence-electron chi connectivity index (χ1n) is 6.66. The second-order valence-electron chi connectivity index (χ2n) is 4.67. The lowest BCUT2D eigenvalue weighted by molar-refractivity contribution is -0.119. The number of carbonyl (C=O) groups excluding carboxylic acids is 1. The van der Waals surface area contributed by atoms with Crippen LogP contribution in [-0.4, -0.2) is 48.2 Å². The molecule has 1 unspecified atom stereocenters. The molecule has 0 radical (unpaired) electrons. The summed E-state index contributed by atoms with van der Waals surface area (Å²) in [7, 11) is 0. The lowest BCUT2D eigenvalue weighted by Gasteiger charge is -2.12. The smallest absolute Gasteiger partial charge is 0.333 e. The molecule has 0 fully saturated rings. The molecule has 10 nitrogen and oxygen atoms in total. The fraction of sp³-hybridized carbons (Fsp3) is 0.154. The van der Waals surface area contributed by atoms with Crippen LogP contribution in [0.15, 0.2) is 35.4 Å². The molecular formula is C13H13N7O3. The van der Waals surface area contributed by atoms with E-state index >= 15 is 0 Å². The molecule has 0 aliphatic heterocycles. The second-order valence-corrected chi connectivity index (χ2v) is 4.67. The highest BCUT2D eigenvalue weighted by Crippen LogP contribution is 2.12. The zero-order chi connectivity index (χ0) is 16.4. The van der Waals surface area contributed by atoms with Gasteiger partial charge in [-0.1, -0.05) is 12.1 Å². The standard InChI is InChI=1S/C13H13N7O3/c14-10(22)8(5-21)17-11-15-6-16-12(19-11)20-9-4-2-1-3-7(9)18-13(20)23/h1-4,6,8,21H,5H2,(H2,14,22)(H,18,23)(H,15,16,17,19). The number of hydrogen-bond acceptors (Lipinski definition) is 7. The van der Waals surface area contributed by atoms with Gasteiger partial charge in [-0.25, -0.2) is 19.3 Å². The highest BCUT2D eigenvalue weighted by molar-refractivity contribution is 5.82. The van der Waals surface area contributed by atoms with E-state index in [1.54, 1.807) is 24.3 Å². The fourth-order valence-electron chi connectivity index (χ4n) is 2.08. The number of nitrogens with one attached hydrogen (secondary N) is 2. The number of aliphatic hydroxyl groups excluding tert-OH is 1. The third-order valence-electron chi connectivity index (χ3n) is 3.18. The fourth-order valence-corrected chi connectivity index (χ4v) is 2.08. The summed E-state index contributed by atoms with van der Waals surface area (Å²) in [6.45, 7) is -0.511. The van der Waals surface area contributed by atoms with Crippen LogP contribution in [0.4, 0.5) is 5.95 Å². The Morgan fingerprint density at radius 1 is 1.39 bits per heavy atom. The number of para-hydroxylation sites is 2. The van der Waals surface area contributed by atoms with Crippen molar-refractivity contribution in [2.24, 2.45) is 5.73 Å². The van der Waals surface area contributed by atoms with Crippen molar-refractivity contribution in [3.05, 3.63) is 41.1 Å². The van der Waals surface area contributed by atoms with Gasteiger partial charge in [0.2, 0.25) is 17.8 Å². The van der Waals surface area contributed by atoms with Crippen LogP contribution < -0.4 is 16.7 Å². The number of hydrogen-bond donors (Lipinski definition) is 4. The summed E-state index contributed by atoms with van der Waals surface area (Å²) < 4.78 is 1.28. The van der Waals surface area contributed by atoms with Gasteiger partial charge in [-0.05, 0) is 12.1 Å². The maximum absolute atomic E-state index is 12.1. The van der Waals surface area contributed by atoms with E-state index in [1.807, 2.05) is 0 Å². The predicted octanol–water partition coefficient (Wildman–Crippen LogP) is -1.24. The van der Waals surface area contributed by atoms with Gasteiger partial charge in [-0.2, -0.15) is 4.98 Å². The zero-order valence-electron chi connectivity index (χ0n) is 11.8. The molecule has 0 aliphatic rings. The average molecular weight is 315 g/mol. The number of H-pyrrole nitrogens is 1. The van der Waals surface area contributed by atoms with Gasteiger partial charge in [0, 0.05) is 0 Å². The minimum Gasteiger partial charge on any atom is -0.394 e. The molecule has 0 saturated carbocycles. The monoisotopic (exact) mass is 315 g/mol. The van der Waals surface area contributed by atoms with Crippen molar-refractivity contribution in [2.45, 2.75) is 6.04 Å². The van der Waals surface area contributed by atoms with Crippen molar-refractivity contribution in [1.82, 2.24) is 24.5 Å².